The number of nitriles is 1. The molecule has 0 saturated heterocycles. The van der Waals surface area contributed by atoms with Crippen molar-refractivity contribution in [1.82, 2.24) is 0 Å². The molecule has 0 aliphatic rings. The zero-order valence-electron chi connectivity index (χ0n) is 11.7. The fourth-order valence-corrected chi connectivity index (χ4v) is 1.98. The lowest BCUT2D eigenvalue weighted by atomic mass is 9.99. The monoisotopic (exact) mass is 280 g/mol. The molecule has 0 fully saturated rings. The molecular formula is C17H16N2O2. The van der Waals surface area contributed by atoms with Crippen LogP contribution in [-0.4, -0.2) is 13.0 Å². The highest BCUT2D eigenvalue weighted by atomic mass is 16.5. The summed E-state index contributed by atoms with van der Waals surface area (Å²) < 4.78 is 5.14. The normalized spacial score (nSPS) is 11.2. The van der Waals surface area contributed by atoms with Crippen LogP contribution in [0.1, 0.15) is 5.56 Å². The second-order valence-corrected chi connectivity index (χ2v) is 4.59. The number of carbonyl (C=O) groups is 1. The van der Waals surface area contributed by atoms with Crippen molar-refractivity contribution in [2.75, 3.05) is 12.4 Å². The van der Waals surface area contributed by atoms with E-state index in [0.29, 0.717) is 17.9 Å². The summed E-state index contributed by atoms with van der Waals surface area (Å²) in [5, 5.41) is 12.0. The van der Waals surface area contributed by atoms with Crippen molar-refractivity contribution in [3.63, 3.8) is 0 Å². The third-order valence-electron chi connectivity index (χ3n) is 3.09. The van der Waals surface area contributed by atoms with Gasteiger partial charge in [-0.1, -0.05) is 30.3 Å². The van der Waals surface area contributed by atoms with Crippen LogP contribution < -0.4 is 10.1 Å². The van der Waals surface area contributed by atoms with E-state index in [9.17, 15) is 10.1 Å². The molecule has 1 unspecified atom stereocenters. The highest BCUT2D eigenvalue weighted by Crippen LogP contribution is 2.17. The van der Waals surface area contributed by atoms with E-state index in [4.69, 9.17) is 4.74 Å². The van der Waals surface area contributed by atoms with Crippen molar-refractivity contribution in [3.05, 3.63) is 60.2 Å². The Morgan fingerprint density at radius 3 is 2.67 bits per heavy atom. The Morgan fingerprint density at radius 1 is 1.24 bits per heavy atom. The lowest BCUT2D eigenvalue weighted by molar-refractivity contribution is -0.118. The van der Waals surface area contributed by atoms with E-state index in [1.807, 2.05) is 42.5 Å². The van der Waals surface area contributed by atoms with Gasteiger partial charge in [0.05, 0.1) is 13.2 Å². The van der Waals surface area contributed by atoms with E-state index in [1.54, 1.807) is 19.2 Å². The van der Waals surface area contributed by atoms with Gasteiger partial charge in [0.15, 0.2) is 0 Å². The van der Waals surface area contributed by atoms with Crippen LogP contribution in [0.2, 0.25) is 0 Å². The smallest absolute Gasteiger partial charge is 0.242 e. The zero-order valence-corrected chi connectivity index (χ0v) is 11.7. The van der Waals surface area contributed by atoms with Crippen LogP contribution in [0.25, 0.3) is 0 Å². The minimum absolute atomic E-state index is 0.300. The zero-order chi connectivity index (χ0) is 15.1. The number of nitrogens with one attached hydrogen (secondary N) is 1. The first-order valence-corrected chi connectivity index (χ1v) is 6.61. The molecule has 0 aliphatic carbocycles. The van der Waals surface area contributed by atoms with Crippen molar-refractivity contribution >= 4 is 11.6 Å². The molecule has 0 saturated carbocycles. The number of hydrogen-bond acceptors (Lipinski definition) is 3. The fraction of sp³-hybridized carbons (Fsp3) is 0.176. The molecule has 0 radical (unpaired) electrons. The summed E-state index contributed by atoms with van der Waals surface area (Å²) in [6.07, 6.45) is 0.354. The van der Waals surface area contributed by atoms with E-state index in [2.05, 4.69) is 11.4 Å². The maximum absolute atomic E-state index is 12.1. The summed E-state index contributed by atoms with van der Waals surface area (Å²) in [5.74, 6) is -0.323. The van der Waals surface area contributed by atoms with Gasteiger partial charge >= 0.3 is 0 Å². The first-order chi connectivity index (χ1) is 10.2. The highest BCUT2D eigenvalue weighted by Gasteiger charge is 2.18. The Labute approximate surface area is 124 Å². The summed E-state index contributed by atoms with van der Waals surface area (Å²) in [7, 11) is 1.59. The number of benzene rings is 2. The van der Waals surface area contributed by atoms with Crippen LogP contribution in [0, 0.1) is 17.2 Å². The molecule has 0 aromatic heterocycles. The van der Waals surface area contributed by atoms with Gasteiger partial charge in [0.2, 0.25) is 5.91 Å². The van der Waals surface area contributed by atoms with Gasteiger partial charge < -0.3 is 10.1 Å². The molecule has 21 heavy (non-hydrogen) atoms. The van der Waals surface area contributed by atoms with Gasteiger partial charge in [-0.05, 0) is 36.2 Å². The van der Waals surface area contributed by atoms with Crippen molar-refractivity contribution in [3.8, 4) is 11.8 Å². The van der Waals surface area contributed by atoms with Crippen molar-refractivity contribution in [2.45, 2.75) is 6.42 Å². The molecule has 2 aromatic rings. The standard InChI is InChI=1S/C17H16N2O2/c1-21-16-9-5-6-13(11-16)10-14(12-18)17(20)19-15-7-3-2-4-8-15/h2-9,11,14H,10H2,1H3,(H,19,20). The minimum Gasteiger partial charge on any atom is -0.497 e. The number of amides is 1. The number of rotatable bonds is 5. The Balaban J connectivity index is 2.05. The van der Waals surface area contributed by atoms with Crippen LogP contribution >= 0.6 is 0 Å². The first kappa shape index (κ1) is 14.6. The quantitative estimate of drug-likeness (QED) is 0.915. The highest BCUT2D eigenvalue weighted by molar-refractivity contribution is 5.94. The van der Waals surface area contributed by atoms with Gasteiger partial charge in [-0.25, -0.2) is 0 Å². The molecule has 1 amide bonds. The molecule has 4 nitrogen and oxygen atoms in total. The number of para-hydroxylation sites is 1. The molecule has 1 atom stereocenters. The predicted octanol–water partition coefficient (Wildman–Crippen LogP) is 3.02. The second kappa shape index (κ2) is 7.11. The summed E-state index contributed by atoms with van der Waals surface area (Å²) in [5.41, 5.74) is 1.58. The molecule has 0 spiro atoms. The van der Waals surface area contributed by atoms with Crippen LogP contribution in [0.3, 0.4) is 0 Å². The summed E-state index contributed by atoms with van der Waals surface area (Å²) in [4.78, 5) is 12.1. The van der Waals surface area contributed by atoms with Gasteiger partial charge in [0, 0.05) is 5.69 Å². The van der Waals surface area contributed by atoms with Gasteiger partial charge in [-0.2, -0.15) is 5.26 Å². The first-order valence-electron chi connectivity index (χ1n) is 6.61. The average molecular weight is 280 g/mol. The topological polar surface area (TPSA) is 62.1 Å². The molecule has 1 N–H and O–H groups in total. The number of methoxy groups -OCH3 is 1. The lowest BCUT2D eigenvalue weighted by Gasteiger charge is -2.11. The van der Waals surface area contributed by atoms with Gasteiger partial charge in [0.25, 0.3) is 0 Å². The molecule has 0 aliphatic heterocycles. The van der Waals surface area contributed by atoms with Crippen LogP contribution in [0.5, 0.6) is 5.75 Å². The molecule has 106 valence electrons. The predicted molar refractivity (Wildman–Crippen MR) is 80.9 cm³/mol. The third-order valence-corrected chi connectivity index (χ3v) is 3.09. The third kappa shape index (κ3) is 4.08. The molecule has 0 bridgehead atoms. The largest absolute Gasteiger partial charge is 0.497 e. The number of nitrogens with zero attached hydrogens (tertiary/aromatic N) is 1. The summed E-state index contributed by atoms with van der Waals surface area (Å²) in [6, 6.07) is 18.6. The van der Waals surface area contributed by atoms with E-state index in [0.717, 1.165) is 5.56 Å². The number of carbonyl (C=O) groups excluding carboxylic acids is 1. The van der Waals surface area contributed by atoms with Crippen LogP contribution in [0.4, 0.5) is 5.69 Å². The summed E-state index contributed by atoms with van der Waals surface area (Å²) >= 11 is 0. The van der Waals surface area contributed by atoms with Gasteiger partial charge in [-0.3, -0.25) is 4.79 Å². The molecule has 2 aromatic carbocycles. The van der Waals surface area contributed by atoms with Crippen molar-refractivity contribution in [2.24, 2.45) is 5.92 Å². The Hall–Kier alpha value is -2.80. The average Bonchev–Trinajstić information content (AvgIpc) is 2.53. The Kier molecular flexibility index (Phi) is 4.94. The lowest BCUT2D eigenvalue weighted by Crippen LogP contribution is -2.23. The number of anilines is 1. The second-order valence-electron chi connectivity index (χ2n) is 4.59. The van der Waals surface area contributed by atoms with E-state index in [-0.39, 0.29) is 5.91 Å². The summed E-state index contributed by atoms with van der Waals surface area (Å²) in [6.45, 7) is 0. The van der Waals surface area contributed by atoms with Gasteiger partial charge in [-0.15, -0.1) is 0 Å². The SMILES string of the molecule is COc1cccc(CC(C#N)C(=O)Nc2ccccc2)c1. The van der Waals surface area contributed by atoms with E-state index >= 15 is 0 Å². The van der Waals surface area contributed by atoms with Crippen molar-refractivity contribution in [1.29, 1.82) is 5.26 Å². The number of ether oxygens (including phenoxy) is 1. The van der Waals surface area contributed by atoms with Gasteiger partial charge in [0.1, 0.15) is 11.7 Å². The molecule has 0 heterocycles. The Bertz CT molecular complexity index is 647. The van der Waals surface area contributed by atoms with Crippen LogP contribution in [-0.2, 0) is 11.2 Å². The maximum atomic E-state index is 12.1. The Morgan fingerprint density at radius 2 is 2.00 bits per heavy atom. The number of hydrogen-bond donors (Lipinski definition) is 1. The fourth-order valence-electron chi connectivity index (χ4n) is 1.98. The van der Waals surface area contributed by atoms with Crippen LogP contribution in [0.15, 0.2) is 54.6 Å². The van der Waals surface area contributed by atoms with E-state index in [1.165, 1.54) is 0 Å². The minimum atomic E-state index is -0.739. The molecule has 2 rings (SSSR count). The van der Waals surface area contributed by atoms with E-state index < -0.39 is 5.92 Å². The van der Waals surface area contributed by atoms with Crippen molar-refractivity contribution < 1.29 is 9.53 Å². The maximum Gasteiger partial charge on any atom is 0.242 e. The molecular weight excluding hydrogens is 264 g/mol. The molecule has 4 heteroatoms.